The zero-order valence-electron chi connectivity index (χ0n) is 23.1. The van der Waals surface area contributed by atoms with Gasteiger partial charge in [-0.3, -0.25) is 14.4 Å². The van der Waals surface area contributed by atoms with Crippen molar-refractivity contribution in [3.63, 3.8) is 0 Å². The molecule has 0 saturated heterocycles. The van der Waals surface area contributed by atoms with Crippen LogP contribution in [0.25, 0.3) is 0 Å². The van der Waals surface area contributed by atoms with Crippen LogP contribution in [0.3, 0.4) is 0 Å². The van der Waals surface area contributed by atoms with Gasteiger partial charge in [-0.25, -0.2) is 4.98 Å². The van der Waals surface area contributed by atoms with Crippen molar-refractivity contribution >= 4 is 17.7 Å². The summed E-state index contributed by atoms with van der Waals surface area (Å²) in [4.78, 5) is 44.4. The Labute approximate surface area is 240 Å². The van der Waals surface area contributed by atoms with Crippen LogP contribution >= 0.6 is 0 Å². The minimum absolute atomic E-state index is 0.216. The summed E-state index contributed by atoms with van der Waals surface area (Å²) < 4.78 is 5.71. The summed E-state index contributed by atoms with van der Waals surface area (Å²) in [6.07, 6.45) is 2.35. The molecule has 0 radical (unpaired) electrons. The highest BCUT2D eigenvalue weighted by Gasteiger charge is 2.26. The lowest BCUT2D eigenvalue weighted by Crippen LogP contribution is -2.53. The molecule has 218 valence electrons. The zero-order valence-corrected chi connectivity index (χ0v) is 23.1. The number of benzene rings is 2. The second kappa shape index (κ2) is 16.7. The van der Waals surface area contributed by atoms with Gasteiger partial charge in [0.1, 0.15) is 11.8 Å². The molecule has 0 fully saturated rings. The summed E-state index contributed by atoms with van der Waals surface area (Å²) >= 11 is 0. The molecule has 2 atom stereocenters. The number of carbonyl (C=O) groups excluding carboxylic acids is 3. The van der Waals surface area contributed by atoms with Crippen LogP contribution in [0.5, 0.6) is 11.6 Å². The predicted molar refractivity (Wildman–Crippen MR) is 157 cm³/mol. The van der Waals surface area contributed by atoms with Crippen LogP contribution in [0.2, 0.25) is 0 Å². The first-order valence-electron chi connectivity index (χ1n) is 13.6. The molecule has 3 rings (SSSR count). The SMILES string of the molecule is NCCN(CCN)C(=O)CC(N)C(=O)NC(CCc1ccccc1)C(=O)NCc1ccc(Oc2ccccn2)cc1. The van der Waals surface area contributed by atoms with Crippen LogP contribution in [0, 0.1) is 0 Å². The van der Waals surface area contributed by atoms with E-state index in [1.807, 2.05) is 54.6 Å². The Bertz CT molecular complexity index is 1220. The molecule has 2 unspecified atom stereocenters. The maximum absolute atomic E-state index is 13.2. The summed E-state index contributed by atoms with van der Waals surface area (Å²) in [5, 5.41) is 5.64. The van der Waals surface area contributed by atoms with Crippen molar-refractivity contribution in [3.8, 4) is 11.6 Å². The molecule has 41 heavy (non-hydrogen) atoms. The van der Waals surface area contributed by atoms with Gasteiger partial charge in [-0.05, 0) is 42.2 Å². The zero-order chi connectivity index (χ0) is 29.5. The summed E-state index contributed by atoms with van der Waals surface area (Å²) in [6.45, 7) is 1.44. The summed E-state index contributed by atoms with van der Waals surface area (Å²) in [5.74, 6) is -0.148. The van der Waals surface area contributed by atoms with Gasteiger partial charge >= 0.3 is 0 Å². The van der Waals surface area contributed by atoms with Crippen LogP contribution in [0.1, 0.15) is 24.0 Å². The van der Waals surface area contributed by atoms with E-state index in [-0.39, 0.29) is 37.9 Å². The Morgan fingerprint density at radius 2 is 1.54 bits per heavy atom. The van der Waals surface area contributed by atoms with Crippen molar-refractivity contribution in [3.05, 3.63) is 90.1 Å². The third-order valence-corrected chi connectivity index (χ3v) is 6.33. The minimum atomic E-state index is -1.13. The molecule has 3 aromatic rings. The van der Waals surface area contributed by atoms with Crippen molar-refractivity contribution in [2.75, 3.05) is 26.2 Å². The number of nitrogens with two attached hydrogens (primary N) is 3. The fourth-order valence-electron chi connectivity index (χ4n) is 4.10. The fourth-order valence-corrected chi connectivity index (χ4v) is 4.10. The van der Waals surface area contributed by atoms with E-state index in [0.717, 1.165) is 11.1 Å². The number of carbonyl (C=O) groups is 3. The second-order valence-electron chi connectivity index (χ2n) is 9.49. The quantitative estimate of drug-likeness (QED) is 0.172. The molecule has 2 aromatic carbocycles. The number of ether oxygens (including phenoxy) is 1. The highest BCUT2D eigenvalue weighted by molar-refractivity contribution is 5.92. The Hall–Kier alpha value is -4.32. The van der Waals surface area contributed by atoms with Crippen LogP contribution in [0.15, 0.2) is 79.0 Å². The molecule has 0 aliphatic heterocycles. The number of pyridine rings is 1. The van der Waals surface area contributed by atoms with Gasteiger partial charge in [0.15, 0.2) is 0 Å². The van der Waals surface area contributed by atoms with E-state index in [9.17, 15) is 14.4 Å². The minimum Gasteiger partial charge on any atom is -0.439 e. The molecule has 8 N–H and O–H groups in total. The van der Waals surface area contributed by atoms with E-state index in [4.69, 9.17) is 21.9 Å². The van der Waals surface area contributed by atoms with Crippen molar-refractivity contribution in [2.24, 2.45) is 17.2 Å². The molecule has 3 amide bonds. The fraction of sp³-hybridized carbons (Fsp3) is 0.333. The number of aromatic nitrogens is 1. The van der Waals surface area contributed by atoms with Crippen molar-refractivity contribution in [1.29, 1.82) is 0 Å². The van der Waals surface area contributed by atoms with Crippen molar-refractivity contribution < 1.29 is 19.1 Å². The Kier molecular flexibility index (Phi) is 12.7. The van der Waals surface area contributed by atoms with Gasteiger partial charge in [0.05, 0.1) is 12.5 Å². The first-order valence-corrected chi connectivity index (χ1v) is 13.6. The third kappa shape index (κ3) is 10.6. The molecular weight excluding hydrogens is 522 g/mol. The van der Waals surface area contributed by atoms with Crippen LogP contribution in [0.4, 0.5) is 0 Å². The molecule has 0 spiro atoms. The molecule has 0 saturated carbocycles. The number of aryl methyl sites for hydroxylation is 1. The van der Waals surface area contributed by atoms with Crippen molar-refractivity contribution in [1.82, 2.24) is 20.5 Å². The molecule has 11 nitrogen and oxygen atoms in total. The van der Waals surface area contributed by atoms with Gasteiger partial charge < -0.3 is 37.5 Å². The largest absolute Gasteiger partial charge is 0.439 e. The van der Waals surface area contributed by atoms with Gasteiger partial charge in [0.25, 0.3) is 0 Å². The first kappa shape index (κ1) is 31.2. The lowest BCUT2D eigenvalue weighted by Gasteiger charge is -2.24. The van der Waals surface area contributed by atoms with Crippen LogP contribution < -0.4 is 32.6 Å². The number of hydrogen-bond donors (Lipinski definition) is 5. The standard InChI is InChI=1S/C30H39N7O4/c31-15-18-37(19-16-32)28(38)20-25(33)29(39)36-26(14-11-22-6-2-1-3-7-22)30(40)35-21-23-9-12-24(13-10-23)41-27-8-4-5-17-34-27/h1-10,12-13,17,25-26H,11,14-16,18-21,31-33H2,(H,35,40)(H,36,39). The number of rotatable bonds is 16. The van der Waals surface area contributed by atoms with Gasteiger partial charge in [0, 0.05) is 45.0 Å². The Balaban J connectivity index is 1.60. The maximum atomic E-state index is 13.2. The second-order valence-corrected chi connectivity index (χ2v) is 9.49. The highest BCUT2D eigenvalue weighted by atomic mass is 16.5. The van der Waals surface area contributed by atoms with E-state index in [0.29, 0.717) is 37.6 Å². The lowest BCUT2D eigenvalue weighted by atomic mass is 10.0. The molecular formula is C30H39N7O4. The van der Waals surface area contributed by atoms with E-state index in [2.05, 4.69) is 15.6 Å². The maximum Gasteiger partial charge on any atom is 0.242 e. The molecule has 0 bridgehead atoms. The Morgan fingerprint density at radius 3 is 2.17 bits per heavy atom. The Morgan fingerprint density at radius 1 is 0.854 bits per heavy atom. The summed E-state index contributed by atoms with van der Waals surface area (Å²) in [5.41, 5.74) is 19.1. The smallest absolute Gasteiger partial charge is 0.242 e. The summed E-state index contributed by atoms with van der Waals surface area (Å²) in [6, 6.07) is 20.4. The molecule has 1 heterocycles. The number of hydrogen-bond acceptors (Lipinski definition) is 8. The summed E-state index contributed by atoms with van der Waals surface area (Å²) in [7, 11) is 0. The lowest BCUT2D eigenvalue weighted by molar-refractivity contribution is -0.135. The monoisotopic (exact) mass is 561 g/mol. The number of nitrogens with zero attached hydrogens (tertiary/aromatic N) is 2. The molecule has 0 aliphatic rings. The van der Waals surface area contributed by atoms with Gasteiger partial charge in [-0.2, -0.15) is 0 Å². The van der Waals surface area contributed by atoms with Gasteiger partial charge in [0.2, 0.25) is 23.6 Å². The highest BCUT2D eigenvalue weighted by Crippen LogP contribution is 2.19. The normalized spacial score (nSPS) is 12.2. The topological polar surface area (TPSA) is 179 Å². The van der Waals surface area contributed by atoms with E-state index >= 15 is 0 Å². The van der Waals surface area contributed by atoms with E-state index in [1.165, 1.54) is 4.90 Å². The van der Waals surface area contributed by atoms with Crippen molar-refractivity contribution in [2.45, 2.75) is 37.9 Å². The molecule has 0 aliphatic carbocycles. The number of amides is 3. The van der Waals surface area contributed by atoms with E-state index in [1.54, 1.807) is 24.4 Å². The van der Waals surface area contributed by atoms with Crippen LogP contribution in [-0.2, 0) is 27.3 Å². The number of nitrogens with one attached hydrogen (secondary N) is 2. The van der Waals surface area contributed by atoms with Gasteiger partial charge in [-0.15, -0.1) is 0 Å². The average molecular weight is 562 g/mol. The van der Waals surface area contributed by atoms with Gasteiger partial charge in [-0.1, -0.05) is 48.5 Å². The predicted octanol–water partition coefficient (Wildman–Crippen LogP) is 1.07. The van der Waals surface area contributed by atoms with Crippen LogP contribution in [-0.4, -0.2) is 65.9 Å². The third-order valence-electron chi connectivity index (χ3n) is 6.33. The molecule has 11 heteroatoms. The average Bonchev–Trinajstić information content (AvgIpc) is 2.99. The molecule has 1 aromatic heterocycles. The first-order chi connectivity index (χ1) is 19.9. The van der Waals surface area contributed by atoms with E-state index < -0.39 is 18.0 Å².